The average molecular weight is 361 g/mol. The molecule has 2 aromatic heterocycles. The van der Waals surface area contributed by atoms with Crippen LogP contribution in [0.15, 0.2) is 54.7 Å². The van der Waals surface area contributed by atoms with Crippen molar-refractivity contribution in [2.75, 3.05) is 11.9 Å². The highest BCUT2D eigenvalue weighted by molar-refractivity contribution is 5.72. The zero-order valence-corrected chi connectivity index (χ0v) is 14.6. The standard InChI is InChI=1S/C19H19N7O/c20-11-14-4-6-15(7-5-14)22-19-21-12-17-18(23-19)26(25-24-17)16-3-1-2-13(10-16)8-9-27/h1-7,10,12,27H,8-9,11,20H2,(H,21,22,23). The number of aromatic nitrogens is 5. The Hall–Kier alpha value is -3.36. The van der Waals surface area contributed by atoms with Crippen molar-refractivity contribution < 1.29 is 5.11 Å². The third-order valence-electron chi connectivity index (χ3n) is 4.19. The van der Waals surface area contributed by atoms with Gasteiger partial charge in [-0.15, -0.1) is 5.10 Å². The highest BCUT2D eigenvalue weighted by atomic mass is 16.2. The van der Waals surface area contributed by atoms with Gasteiger partial charge in [-0.2, -0.15) is 9.67 Å². The lowest BCUT2D eigenvalue weighted by Gasteiger charge is -2.07. The molecule has 8 heteroatoms. The molecule has 0 saturated heterocycles. The number of hydrogen-bond acceptors (Lipinski definition) is 7. The number of nitrogens with one attached hydrogen (secondary N) is 1. The van der Waals surface area contributed by atoms with Crippen molar-refractivity contribution in [3.8, 4) is 5.69 Å². The van der Waals surface area contributed by atoms with E-state index in [2.05, 4.69) is 25.6 Å². The summed E-state index contributed by atoms with van der Waals surface area (Å²) in [7, 11) is 0. The molecular formula is C19H19N7O. The quantitative estimate of drug-likeness (QED) is 0.481. The van der Waals surface area contributed by atoms with Gasteiger partial charge in [-0.3, -0.25) is 0 Å². The Morgan fingerprint density at radius 3 is 2.70 bits per heavy atom. The van der Waals surface area contributed by atoms with E-state index in [1.165, 1.54) is 0 Å². The number of nitrogens with zero attached hydrogens (tertiary/aromatic N) is 5. The fraction of sp³-hybridized carbons (Fsp3) is 0.158. The van der Waals surface area contributed by atoms with Gasteiger partial charge in [-0.1, -0.05) is 29.5 Å². The third-order valence-corrected chi connectivity index (χ3v) is 4.19. The first-order chi connectivity index (χ1) is 13.3. The van der Waals surface area contributed by atoms with E-state index in [1.807, 2.05) is 48.5 Å². The second-order valence-corrected chi connectivity index (χ2v) is 6.07. The third kappa shape index (κ3) is 3.62. The van der Waals surface area contributed by atoms with Crippen LogP contribution in [0.4, 0.5) is 11.6 Å². The lowest BCUT2D eigenvalue weighted by atomic mass is 10.1. The number of rotatable bonds is 6. The summed E-state index contributed by atoms with van der Waals surface area (Å²) < 4.78 is 1.67. The van der Waals surface area contributed by atoms with Crippen LogP contribution in [0.3, 0.4) is 0 Å². The largest absolute Gasteiger partial charge is 0.396 e. The van der Waals surface area contributed by atoms with Gasteiger partial charge in [0.25, 0.3) is 0 Å². The molecule has 0 aliphatic carbocycles. The van der Waals surface area contributed by atoms with Crippen molar-refractivity contribution in [3.63, 3.8) is 0 Å². The molecule has 0 spiro atoms. The number of fused-ring (bicyclic) bond motifs is 1. The smallest absolute Gasteiger partial charge is 0.229 e. The highest BCUT2D eigenvalue weighted by Crippen LogP contribution is 2.19. The van der Waals surface area contributed by atoms with Gasteiger partial charge < -0.3 is 16.2 Å². The van der Waals surface area contributed by atoms with Crippen molar-refractivity contribution in [3.05, 3.63) is 65.9 Å². The fourth-order valence-corrected chi connectivity index (χ4v) is 2.79. The van der Waals surface area contributed by atoms with Gasteiger partial charge in [-0.05, 0) is 41.8 Å². The molecule has 4 rings (SSSR count). The van der Waals surface area contributed by atoms with Crippen LogP contribution in [0, 0.1) is 0 Å². The lowest BCUT2D eigenvalue weighted by Crippen LogP contribution is -2.02. The number of benzene rings is 2. The molecule has 0 atom stereocenters. The van der Waals surface area contributed by atoms with Gasteiger partial charge in [0.2, 0.25) is 5.95 Å². The van der Waals surface area contributed by atoms with E-state index in [0.29, 0.717) is 30.1 Å². The number of hydrogen-bond donors (Lipinski definition) is 3. The summed E-state index contributed by atoms with van der Waals surface area (Å²) in [5.41, 5.74) is 10.6. The van der Waals surface area contributed by atoms with Crippen molar-refractivity contribution >= 4 is 22.8 Å². The minimum Gasteiger partial charge on any atom is -0.396 e. The number of nitrogens with two attached hydrogens (primary N) is 1. The van der Waals surface area contributed by atoms with Gasteiger partial charge >= 0.3 is 0 Å². The first kappa shape index (κ1) is 17.1. The van der Waals surface area contributed by atoms with Gasteiger partial charge in [-0.25, -0.2) is 4.98 Å². The first-order valence-corrected chi connectivity index (χ1v) is 8.61. The van der Waals surface area contributed by atoms with Crippen LogP contribution in [-0.4, -0.2) is 36.7 Å². The number of anilines is 2. The molecule has 2 aromatic carbocycles. The maximum Gasteiger partial charge on any atom is 0.229 e. The highest BCUT2D eigenvalue weighted by Gasteiger charge is 2.11. The Bertz CT molecular complexity index is 1060. The summed E-state index contributed by atoms with van der Waals surface area (Å²) in [6.07, 6.45) is 2.22. The molecule has 4 aromatic rings. The van der Waals surface area contributed by atoms with E-state index in [-0.39, 0.29) is 6.61 Å². The maximum absolute atomic E-state index is 9.15. The van der Waals surface area contributed by atoms with Crippen LogP contribution in [0.25, 0.3) is 16.9 Å². The molecular weight excluding hydrogens is 342 g/mol. The predicted octanol–water partition coefficient (Wildman–Crippen LogP) is 1.95. The molecule has 0 aliphatic heterocycles. The van der Waals surface area contributed by atoms with Crippen LogP contribution in [0.1, 0.15) is 11.1 Å². The Labute approximate surface area is 155 Å². The van der Waals surface area contributed by atoms with Gasteiger partial charge in [0.15, 0.2) is 11.2 Å². The Kier molecular flexibility index (Phi) is 4.73. The second-order valence-electron chi connectivity index (χ2n) is 6.07. The zero-order valence-electron chi connectivity index (χ0n) is 14.6. The van der Waals surface area contributed by atoms with E-state index in [0.717, 1.165) is 22.5 Å². The molecule has 0 bridgehead atoms. The van der Waals surface area contributed by atoms with Crippen molar-refractivity contribution in [2.45, 2.75) is 13.0 Å². The lowest BCUT2D eigenvalue weighted by molar-refractivity contribution is 0.299. The van der Waals surface area contributed by atoms with E-state index in [9.17, 15) is 0 Å². The first-order valence-electron chi connectivity index (χ1n) is 8.61. The Balaban J connectivity index is 1.67. The summed E-state index contributed by atoms with van der Waals surface area (Å²) in [6, 6.07) is 15.6. The molecule has 8 nitrogen and oxygen atoms in total. The molecule has 4 N–H and O–H groups in total. The fourth-order valence-electron chi connectivity index (χ4n) is 2.79. The molecule has 0 aliphatic rings. The van der Waals surface area contributed by atoms with Crippen molar-refractivity contribution in [1.29, 1.82) is 0 Å². The predicted molar refractivity (Wildman–Crippen MR) is 103 cm³/mol. The summed E-state index contributed by atoms with van der Waals surface area (Å²) in [6.45, 7) is 0.601. The van der Waals surface area contributed by atoms with Crippen LogP contribution in [0.2, 0.25) is 0 Å². The van der Waals surface area contributed by atoms with Crippen molar-refractivity contribution in [1.82, 2.24) is 25.0 Å². The number of aliphatic hydroxyl groups is 1. The van der Waals surface area contributed by atoms with Gasteiger partial charge in [0.1, 0.15) is 0 Å². The molecule has 2 heterocycles. The maximum atomic E-state index is 9.15. The van der Waals surface area contributed by atoms with E-state index < -0.39 is 0 Å². The molecule has 136 valence electrons. The average Bonchev–Trinajstić information content (AvgIpc) is 3.12. The monoisotopic (exact) mass is 361 g/mol. The molecule has 0 fully saturated rings. The summed E-state index contributed by atoms with van der Waals surface area (Å²) in [4.78, 5) is 8.87. The van der Waals surface area contributed by atoms with E-state index in [4.69, 9.17) is 10.8 Å². The minimum absolute atomic E-state index is 0.0980. The summed E-state index contributed by atoms with van der Waals surface area (Å²) in [5.74, 6) is 0.457. The molecule has 27 heavy (non-hydrogen) atoms. The number of aliphatic hydroxyl groups excluding tert-OH is 1. The summed E-state index contributed by atoms with van der Waals surface area (Å²) in [5, 5.41) is 20.7. The normalized spacial score (nSPS) is 11.0. The zero-order chi connectivity index (χ0) is 18.6. The van der Waals surface area contributed by atoms with E-state index in [1.54, 1.807) is 10.9 Å². The summed E-state index contributed by atoms with van der Waals surface area (Å²) >= 11 is 0. The molecule has 0 radical (unpaired) electrons. The van der Waals surface area contributed by atoms with Gasteiger partial charge in [0, 0.05) is 18.8 Å². The SMILES string of the molecule is NCc1ccc(Nc2ncc3nnn(-c4cccc(CCO)c4)c3n2)cc1. The minimum atomic E-state index is 0.0980. The second kappa shape index (κ2) is 7.48. The molecule has 0 unspecified atom stereocenters. The van der Waals surface area contributed by atoms with E-state index >= 15 is 0 Å². The Morgan fingerprint density at radius 1 is 1.07 bits per heavy atom. The van der Waals surface area contributed by atoms with Crippen LogP contribution < -0.4 is 11.1 Å². The topological polar surface area (TPSA) is 115 Å². The van der Waals surface area contributed by atoms with Crippen LogP contribution in [0.5, 0.6) is 0 Å². The van der Waals surface area contributed by atoms with Crippen LogP contribution >= 0.6 is 0 Å². The van der Waals surface area contributed by atoms with Gasteiger partial charge in [0.05, 0.1) is 11.9 Å². The Morgan fingerprint density at radius 2 is 1.93 bits per heavy atom. The molecule has 0 saturated carbocycles. The molecule has 0 amide bonds. The van der Waals surface area contributed by atoms with Crippen molar-refractivity contribution in [2.24, 2.45) is 5.73 Å². The van der Waals surface area contributed by atoms with Crippen LogP contribution in [-0.2, 0) is 13.0 Å².